The first-order valence-electron chi connectivity index (χ1n) is 6.15. The van der Waals surface area contributed by atoms with Crippen molar-refractivity contribution in [2.75, 3.05) is 5.73 Å². The zero-order valence-corrected chi connectivity index (χ0v) is 12.6. The van der Waals surface area contributed by atoms with Gasteiger partial charge in [0.2, 0.25) is 0 Å². The number of benzene rings is 1. The number of hydrogen-bond acceptors (Lipinski definition) is 3. The van der Waals surface area contributed by atoms with Gasteiger partial charge in [-0.3, -0.25) is 0 Å². The third kappa shape index (κ3) is 2.19. The van der Waals surface area contributed by atoms with Crippen LogP contribution in [0.5, 0.6) is 0 Å². The zero-order valence-electron chi connectivity index (χ0n) is 10.2. The van der Waals surface area contributed by atoms with Gasteiger partial charge >= 0.3 is 0 Å². The van der Waals surface area contributed by atoms with Gasteiger partial charge in [0.25, 0.3) is 0 Å². The number of thiazole rings is 1. The van der Waals surface area contributed by atoms with Crippen LogP contribution < -0.4 is 5.73 Å². The van der Waals surface area contributed by atoms with Gasteiger partial charge in [0.1, 0.15) is 0 Å². The molecule has 0 spiro atoms. The van der Waals surface area contributed by atoms with E-state index in [1.807, 2.05) is 0 Å². The molecule has 0 saturated heterocycles. The van der Waals surface area contributed by atoms with Crippen LogP contribution in [0.1, 0.15) is 40.5 Å². The molecule has 2 N–H and O–H groups in total. The Balaban J connectivity index is 2.07. The Kier molecular flexibility index (Phi) is 3.16. The monoisotopic (exact) mass is 322 g/mol. The van der Waals surface area contributed by atoms with Gasteiger partial charge in [-0.25, -0.2) is 4.98 Å². The molecule has 1 heterocycles. The van der Waals surface area contributed by atoms with Gasteiger partial charge in [0.05, 0.1) is 5.69 Å². The summed E-state index contributed by atoms with van der Waals surface area (Å²) in [5.41, 5.74) is 9.75. The minimum atomic E-state index is 0.472. The number of aryl methyl sites for hydroxylation is 2. The Morgan fingerprint density at radius 2 is 2.22 bits per heavy atom. The van der Waals surface area contributed by atoms with Crippen molar-refractivity contribution in [3.8, 4) is 0 Å². The van der Waals surface area contributed by atoms with Crippen LogP contribution in [-0.4, -0.2) is 4.98 Å². The van der Waals surface area contributed by atoms with Crippen LogP contribution in [0.4, 0.5) is 5.13 Å². The van der Waals surface area contributed by atoms with Crippen molar-refractivity contribution < 1.29 is 0 Å². The van der Waals surface area contributed by atoms with E-state index in [9.17, 15) is 0 Å². The van der Waals surface area contributed by atoms with E-state index in [1.54, 1.807) is 11.3 Å². The van der Waals surface area contributed by atoms with E-state index in [0.717, 1.165) is 10.9 Å². The van der Waals surface area contributed by atoms with Crippen molar-refractivity contribution in [1.29, 1.82) is 0 Å². The fourth-order valence-electron chi connectivity index (χ4n) is 2.72. The maximum atomic E-state index is 5.86. The van der Waals surface area contributed by atoms with E-state index < -0.39 is 0 Å². The molecule has 1 aliphatic carbocycles. The summed E-state index contributed by atoms with van der Waals surface area (Å²) in [7, 11) is 0. The summed E-state index contributed by atoms with van der Waals surface area (Å²) in [5, 5.41) is 0.707. The quantitative estimate of drug-likeness (QED) is 0.851. The summed E-state index contributed by atoms with van der Waals surface area (Å²) in [6.45, 7) is 2.14. The van der Waals surface area contributed by atoms with Crippen LogP contribution in [-0.2, 0) is 6.42 Å². The number of nitrogens with two attached hydrogens (primary N) is 1. The first-order valence-corrected chi connectivity index (χ1v) is 7.76. The number of nitrogens with zero attached hydrogens (tertiary/aromatic N) is 1. The molecule has 18 heavy (non-hydrogen) atoms. The van der Waals surface area contributed by atoms with Crippen LogP contribution in [0, 0.1) is 6.92 Å². The van der Waals surface area contributed by atoms with Crippen LogP contribution in [0.3, 0.4) is 0 Å². The largest absolute Gasteiger partial charge is 0.375 e. The molecule has 0 aliphatic heterocycles. The van der Waals surface area contributed by atoms with Gasteiger partial charge < -0.3 is 5.73 Å². The number of aromatic nitrogens is 1. The molecule has 0 saturated carbocycles. The summed E-state index contributed by atoms with van der Waals surface area (Å²) in [6, 6.07) is 6.65. The average molecular weight is 323 g/mol. The van der Waals surface area contributed by atoms with Crippen molar-refractivity contribution in [2.45, 2.75) is 32.1 Å². The van der Waals surface area contributed by atoms with Gasteiger partial charge in [0.15, 0.2) is 5.13 Å². The Labute approximate surface area is 119 Å². The highest BCUT2D eigenvalue weighted by Crippen LogP contribution is 2.41. The highest BCUT2D eigenvalue weighted by molar-refractivity contribution is 9.10. The molecule has 1 atom stereocenters. The predicted octanol–water partition coefficient (Wildman–Crippen LogP) is 4.26. The molecule has 0 radical (unpaired) electrons. The van der Waals surface area contributed by atoms with Crippen LogP contribution in [0.15, 0.2) is 22.7 Å². The van der Waals surface area contributed by atoms with Crippen LogP contribution in [0.25, 0.3) is 0 Å². The summed E-state index contributed by atoms with van der Waals surface area (Å²) in [4.78, 5) is 5.83. The highest BCUT2D eigenvalue weighted by Gasteiger charge is 2.25. The molecule has 2 nitrogen and oxygen atoms in total. The molecule has 0 fully saturated rings. The van der Waals surface area contributed by atoms with E-state index in [1.165, 1.54) is 34.5 Å². The lowest BCUT2D eigenvalue weighted by atomic mass is 9.86. The van der Waals surface area contributed by atoms with Crippen molar-refractivity contribution in [2.24, 2.45) is 0 Å². The summed E-state index contributed by atoms with van der Waals surface area (Å²) in [5.74, 6) is 0.472. The maximum absolute atomic E-state index is 5.86. The number of anilines is 1. The molecule has 1 aliphatic rings. The van der Waals surface area contributed by atoms with E-state index in [-0.39, 0.29) is 0 Å². The van der Waals surface area contributed by atoms with Crippen molar-refractivity contribution in [1.82, 2.24) is 4.98 Å². The first-order chi connectivity index (χ1) is 8.63. The molecule has 3 rings (SSSR count). The summed E-state index contributed by atoms with van der Waals surface area (Å²) in [6.07, 6.45) is 3.48. The molecular formula is C14H15BrN2S. The Bertz CT molecular complexity index is 571. The lowest BCUT2D eigenvalue weighted by molar-refractivity contribution is 0.617. The molecular weight excluding hydrogens is 308 g/mol. The molecule has 0 amide bonds. The van der Waals surface area contributed by atoms with Crippen molar-refractivity contribution in [3.05, 3.63) is 44.4 Å². The predicted molar refractivity (Wildman–Crippen MR) is 80.2 cm³/mol. The highest BCUT2D eigenvalue weighted by atomic mass is 79.9. The van der Waals surface area contributed by atoms with E-state index in [0.29, 0.717) is 11.0 Å². The molecule has 94 valence electrons. The average Bonchev–Trinajstić information content (AvgIpc) is 2.67. The van der Waals surface area contributed by atoms with Crippen LogP contribution >= 0.6 is 27.3 Å². The number of halogens is 1. The second-order valence-corrected chi connectivity index (χ2v) is 6.85. The second-order valence-electron chi connectivity index (χ2n) is 4.87. The van der Waals surface area contributed by atoms with Gasteiger partial charge in [-0.15, -0.1) is 11.3 Å². The fourth-order valence-corrected chi connectivity index (χ4v) is 4.39. The smallest absolute Gasteiger partial charge is 0.180 e. The molecule has 0 bridgehead atoms. The third-order valence-corrected chi connectivity index (χ3v) is 4.93. The molecule has 1 unspecified atom stereocenters. The summed E-state index contributed by atoms with van der Waals surface area (Å²) < 4.78 is 1.15. The lowest BCUT2D eigenvalue weighted by Gasteiger charge is -2.22. The molecule has 4 heteroatoms. The van der Waals surface area contributed by atoms with Gasteiger partial charge in [-0.1, -0.05) is 22.0 Å². The Hall–Kier alpha value is -0.870. The van der Waals surface area contributed by atoms with E-state index in [4.69, 9.17) is 5.73 Å². The number of nitrogen functional groups attached to an aromatic ring is 1. The minimum absolute atomic E-state index is 0.472. The number of rotatable bonds is 1. The first kappa shape index (κ1) is 12.2. The second kappa shape index (κ2) is 4.67. The standard InChI is InChI=1S/C14H15BrN2S/c1-8-5-9(7-10(15)6-8)11-3-2-4-12-13(11)18-14(16)17-12/h5-7,11H,2-4H2,1H3,(H2,16,17). The van der Waals surface area contributed by atoms with Crippen molar-refractivity contribution >= 4 is 32.4 Å². The van der Waals surface area contributed by atoms with Gasteiger partial charge in [-0.2, -0.15) is 0 Å². The Morgan fingerprint density at radius 3 is 3.00 bits per heavy atom. The normalized spacial score (nSPS) is 18.7. The topological polar surface area (TPSA) is 38.9 Å². The molecule has 1 aromatic heterocycles. The lowest BCUT2D eigenvalue weighted by Crippen LogP contribution is -2.09. The summed E-state index contributed by atoms with van der Waals surface area (Å²) >= 11 is 5.24. The van der Waals surface area contributed by atoms with E-state index >= 15 is 0 Å². The molecule has 1 aromatic carbocycles. The minimum Gasteiger partial charge on any atom is -0.375 e. The number of hydrogen-bond donors (Lipinski definition) is 1. The maximum Gasteiger partial charge on any atom is 0.180 e. The third-order valence-electron chi connectivity index (χ3n) is 3.43. The SMILES string of the molecule is Cc1cc(Br)cc(C2CCCc3nc(N)sc32)c1. The van der Waals surface area contributed by atoms with Crippen molar-refractivity contribution in [3.63, 3.8) is 0 Å². The number of fused-ring (bicyclic) bond motifs is 1. The Morgan fingerprint density at radius 1 is 1.39 bits per heavy atom. The fraction of sp³-hybridized carbons (Fsp3) is 0.357. The van der Waals surface area contributed by atoms with E-state index in [2.05, 4.69) is 46.0 Å². The van der Waals surface area contributed by atoms with Crippen LogP contribution in [0.2, 0.25) is 0 Å². The van der Waals surface area contributed by atoms with Gasteiger partial charge in [-0.05, 0) is 49.4 Å². The zero-order chi connectivity index (χ0) is 12.7. The van der Waals surface area contributed by atoms with Gasteiger partial charge in [0, 0.05) is 15.3 Å². The molecule has 2 aromatic rings.